The van der Waals surface area contributed by atoms with E-state index in [-0.39, 0.29) is 30.2 Å². The number of hydrogen-bond donors (Lipinski definition) is 2. The van der Waals surface area contributed by atoms with Crippen molar-refractivity contribution < 1.29 is 14.3 Å². The fourth-order valence-corrected chi connectivity index (χ4v) is 3.80. The molecule has 1 aliphatic rings. The Bertz CT molecular complexity index is 862. The molecule has 1 fully saturated rings. The van der Waals surface area contributed by atoms with Crippen molar-refractivity contribution in [3.63, 3.8) is 0 Å². The van der Waals surface area contributed by atoms with E-state index >= 15 is 0 Å². The van der Waals surface area contributed by atoms with Crippen LogP contribution >= 0.6 is 0 Å². The van der Waals surface area contributed by atoms with Crippen LogP contribution in [-0.4, -0.2) is 61.6 Å². The molecule has 162 valence electrons. The number of carbonyl (C=O) groups excluding carboxylic acids is 2. The number of carbonyl (C=O) groups is 2. The Morgan fingerprint density at radius 1 is 1.03 bits per heavy atom. The molecule has 2 atom stereocenters. The smallest absolute Gasteiger partial charge is 0.242 e. The Morgan fingerprint density at radius 2 is 1.73 bits per heavy atom. The highest BCUT2D eigenvalue weighted by molar-refractivity contribution is 5.89. The van der Waals surface area contributed by atoms with Crippen LogP contribution in [-0.2, 0) is 20.7 Å². The molecule has 2 aromatic rings. The molecule has 0 radical (unpaired) electrons. The van der Waals surface area contributed by atoms with E-state index in [9.17, 15) is 9.59 Å². The van der Waals surface area contributed by atoms with Crippen LogP contribution in [0.2, 0.25) is 0 Å². The van der Waals surface area contributed by atoms with Crippen molar-refractivity contribution in [1.82, 2.24) is 15.5 Å². The van der Waals surface area contributed by atoms with Crippen molar-refractivity contribution in [2.45, 2.75) is 39.3 Å². The molecule has 6 nitrogen and oxygen atoms in total. The molecule has 2 N–H and O–H groups in total. The summed E-state index contributed by atoms with van der Waals surface area (Å²) >= 11 is 0. The number of hydrogen-bond acceptors (Lipinski definition) is 4. The minimum atomic E-state index is -0.546. The molecule has 0 saturated carbocycles. The molecule has 2 unspecified atom stereocenters. The van der Waals surface area contributed by atoms with E-state index in [4.69, 9.17) is 4.74 Å². The van der Waals surface area contributed by atoms with E-state index < -0.39 is 6.04 Å². The summed E-state index contributed by atoms with van der Waals surface area (Å²) in [5.41, 5.74) is 0.940. The van der Waals surface area contributed by atoms with Crippen LogP contribution < -0.4 is 10.6 Å². The number of rotatable bonds is 8. The quantitative estimate of drug-likeness (QED) is 0.700. The molecule has 0 bridgehead atoms. The SMILES string of the molecule is CC(C)C(NC(=O)Cc1ccc2ccccc2c1)C(=O)NCC(C)N1CCOCC1. The predicted molar refractivity (Wildman–Crippen MR) is 119 cm³/mol. The van der Waals surface area contributed by atoms with Crippen molar-refractivity contribution in [3.8, 4) is 0 Å². The largest absolute Gasteiger partial charge is 0.379 e. The van der Waals surface area contributed by atoms with Crippen LogP contribution in [0.3, 0.4) is 0 Å². The van der Waals surface area contributed by atoms with E-state index in [1.807, 2.05) is 50.2 Å². The molecule has 1 heterocycles. The summed E-state index contributed by atoms with van der Waals surface area (Å²) in [6, 6.07) is 13.8. The predicted octanol–water partition coefficient (Wildman–Crippen LogP) is 2.36. The molecule has 6 heteroatoms. The van der Waals surface area contributed by atoms with Gasteiger partial charge in [0.25, 0.3) is 0 Å². The number of fused-ring (bicyclic) bond motifs is 1. The minimum Gasteiger partial charge on any atom is -0.379 e. The molecule has 2 amide bonds. The monoisotopic (exact) mass is 411 g/mol. The number of morpholine rings is 1. The Morgan fingerprint density at radius 3 is 2.43 bits per heavy atom. The van der Waals surface area contributed by atoms with Gasteiger partial charge in [0.2, 0.25) is 11.8 Å². The number of nitrogens with zero attached hydrogens (tertiary/aromatic N) is 1. The van der Waals surface area contributed by atoms with Crippen molar-refractivity contribution in [3.05, 3.63) is 48.0 Å². The molecule has 1 saturated heterocycles. The van der Waals surface area contributed by atoms with Gasteiger partial charge in [0, 0.05) is 25.7 Å². The fraction of sp³-hybridized carbons (Fsp3) is 0.500. The summed E-state index contributed by atoms with van der Waals surface area (Å²) in [6.07, 6.45) is 0.255. The highest BCUT2D eigenvalue weighted by Gasteiger charge is 2.25. The average molecular weight is 412 g/mol. The lowest BCUT2D eigenvalue weighted by Gasteiger charge is -2.32. The van der Waals surface area contributed by atoms with Crippen LogP contribution in [0.25, 0.3) is 10.8 Å². The summed E-state index contributed by atoms with van der Waals surface area (Å²) < 4.78 is 5.38. The van der Waals surface area contributed by atoms with Gasteiger partial charge in [-0.2, -0.15) is 0 Å². The highest BCUT2D eigenvalue weighted by atomic mass is 16.5. The summed E-state index contributed by atoms with van der Waals surface area (Å²) in [6.45, 7) is 9.80. The lowest BCUT2D eigenvalue weighted by Crippen LogP contribution is -2.53. The maximum atomic E-state index is 12.8. The van der Waals surface area contributed by atoms with E-state index in [0.29, 0.717) is 6.54 Å². The molecule has 0 aromatic heterocycles. The summed E-state index contributed by atoms with van der Waals surface area (Å²) in [5, 5.41) is 8.21. The van der Waals surface area contributed by atoms with Crippen LogP contribution in [0.4, 0.5) is 0 Å². The van der Waals surface area contributed by atoms with Gasteiger partial charge < -0.3 is 15.4 Å². The molecular weight excluding hydrogens is 378 g/mol. The second-order valence-corrected chi connectivity index (χ2v) is 8.39. The van der Waals surface area contributed by atoms with Gasteiger partial charge in [0.05, 0.1) is 19.6 Å². The van der Waals surface area contributed by atoms with Gasteiger partial charge >= 0.3 is 0 Å². The standard InChI is InChI=1S/C24H33N3O3/c1-17(2)23(24(29)25-16-18(3)27-10-12-30-13-11-27)26-22(28)15-19-8-9-20-6-4-5-7-21(20)14-19/h4-9,14,17-18,23H,10-13,15-16H2,1-3H3,(H,25,29)(H,26,28). The lowest BCUT2D eigenvalue weighted by molar-refractivity contribution is -0.130. The van der Waals surface area contributed by atoms with Crippen LogP contribution in [0, 0.1) is 5.92 Å². The van der Waals surface area contributed by atoms with Gasteiger partial charge in [-0.3, -0.25) is 14.5 Å². The maximum absolute atomic E-state index is 12.8. The molecule has 2 aromatic carbocycles. The molecule has 3 rings (SSSR count). The van der Waals surface area contributed by atoms with Gasteiger partial charge in [-0.25, -0.2) is 0 Å². The Kier molecular flexibility index (Phi) is 7.82. The fourth-order valence-electron chi connectivity index (χ4n) is 3.80. The van der Waals surface area contributed by atoms with E-state index in [1.54, 1.807) is 0 Å². The van der Waals surface area contributed by atoms with E-state index in [2.05, 4.69) is 28.5 Å². The third kappa shape index (κ3) is 6.03. The van der Waals surface area contributed by atoms with Gasteiger partial charge in [-0.15, -0.1) is 0 Å². The molecule has 1 aliphatic heterocycles. The first-order chi connectivity index (χ1) is 14.4. The molecular formula is C24H33N3O3. The van der Waals surface area contributed by atoms with E-state index in [1.165, 1.54) is 0 Å². The third-order valence-electron chi connectivity index (χ3n) is 5.68. The Balaban J connectivity index is 1.54. The molecule has 30 heavy (non-hydrogen) atoms. The van der Waals surface area contributed by atoms with Crippen LogP contribution in [0.1, 0.15) is 26.3 Å². The second-order valence-electron chi connectivity index (χ2n) is 8.39. The maximum Gasteiger partial charge on any atom is 0.242 e. The first-order valence-electron chi connectivity index (χ1n) is 10.8. The van der Waals surface area contributed by atoms with Gasteiger partial charge in [-0.05, 0) is 29.2 Å². The average Bonchev–Trinajstić information content (AvgIpc) is 2.76. The van der Waals surface area contributed by atoms with Crippen molar-refractivity contribution in [2.24, 2.45) is 5.92 Å². The molecule has 0 spiro atoms. The van der Waals surface area contributed by atoms with Gasteiger partial charge in [0.15, 0.2) is 0 Å². The van der Waals surface area contributed by atoms with Crippen molar-refractivity contribution in [1.29, 1.82) is 0 Å². The first kappa shape index (κ1) is 22.2. The number of ether oxygens (including phenoxy) is 1. The van der Waals surface area contributed by atoms with Crippen molar-refractivity contribution in [2.75, 3.05) is 32.8 Å². The number of benzene rings is 2. The Hall–Kier alpha value is -2.44. The summed E-state index contributed by atoms with van der Waals surface area (Å²) in [7, 11) is 0. The Labute approximate surface area is 179 Å². The van der Waals surface area contributed by atoms with Gasteiger partial charge in [0.1, 0.15) is 6.04 Å². The van der Waals surface area contributed by atoms with Crippen LogP contribution in [0.15, 0.2) is 42.5 Å². The van der Waals surface area contributed by atoms with Gasteiger partial charge in [-0.1, -0.05) is 56.3 Å². The zero-order chi connectivity index (χ0) is 21.5. The first-order valence-corrected chi connectivity index (χ1v) is 10.8. The summed E-state index contributed by atoms with van der Waals surface area (Å²) in [5.74, 6) is -0.262. The lowest BCUT2D eigenvalue weighted by atomic mass is 10.0. The topological polar surface area (TPSA) is 70.7 Å². The molecule has 0 aliphatic carbocycles. The number of nitrogens with one attached hydrogen (secondary N) is 2. The third-order valence-corrected chi connectivity index (χ3v) is 5.68. The highest BCUT2D eigenvalue weighted by Crippen LogP contribution is 2.16. The second kappa shape index (κ2) is 10.5. The zero-order valence-corrected chi connectivity index (χ0v) is 18.2. The van der Waals surface area contributed by atoms with Crippen molar-refractivity contribution >= 4 is 22.6 Å². The van der Waals surface area contributed by atoms with E-state index in [0.717, 1.165) is 42.6 Å². The minimum absolute atomic E-state index is 0.00393. The zero-order valence-electron chi connectivity index (χ0n) is 18.2. The number of amides is 2. The van der Waals surface area contributed by atoms with Crippen LogP contribution in [0.5, 0.6) is 0 Å². The normalized spacial score (nSPS) is 16.9. The summed E-state index contributed by atoms with van der Waals surface area (Å²) in [4.78, 5) is 27.7.